The van der Waals surface area contributed by atoms with Crippen LogP contribution >= 0.6 is 11.3 Å². The highest BCUT2D eigenvalue weighted by molar-refractivity contribution is 7.15. The maximum atomic E-state index is 9.03. The van der Waals surface area contributed by atoms with E-state index in [2.05, 4.69) is 21.4 Å². The summed E-state index contributed by atoms with van der Waals surface area (Å²) < 4.78 is 3.74. The number of hydrogen-bond donors (Lipinski definition) is 1. The average Bonchev–Trinajstić information content (AvgIpc) is 3.04. The molecular weight excluding hydrogens is 248 g/mol. The van der Waals surface area contributed by atoms with Gasteiger partial charge in [-0.3, -0.25) is 8.97 Å². The zero-order valence-corrected chi connectivity index (χ0v) is 10.5. The predicted octanol–water partition coefficient (Wildman–Crippen LogP) is 1.17. The van der Waals surface area contributed by atoms with Crippen molar-refractivity contribution in [2.45, 2.75) is 6.54 Å². The first-order chi connectivity index (χ1) is 8.85. The smallest absolute Gasteiger partial charge is 0.218 e. The minimum Gasteiger partial charge on any atom is -0.314 e. The van der Waals surface area contributed by atoms with E-state index >= 15 is 0 Å². The van der Waals surface area contributed by atoms with Crippen LogP contribution in [0.25, 0.3) is 10.8 Å². The summed E-state index contributed by atoms with van der Waals surface area (Å²) in [6.45, 7) is 0.677. The Morgan fingerprint density at radius 3 is 3.17 bits per heavy atom. The zero-order chi connectivity index (χ0) is 12.5. The standard InChI is InChI=1S/C11H10N6S/c1-13-7-8-10(15-11-16(8)4-5-18-11)17-3-2-14-9(17)6-12/h2-5,13H,7H2,1H3. The number of hydrogen-bond acceptors (Lipinski definition) is 5. The van der Waals surface area contributed by atoms with Crippen LogP contribution in [-0.4, -0.2) is 26.0 Å². The molecular formula is C11H10N6S. The van der Waals surface area contributed by atoms with Gasteiger partial charge in [0.1, 0.15) is 6.07 Å². The summed E-state index contributed by atoms with van der Waals surface area (Å²) in [6.07, 6.45) is 5.34. The van der Waals surface area contributed by atoms with Crippen LogP contribution in [-0.2, 0) is 6.54 Å². The normalized spacial score (nSPS) is 10.9. The van der Waals surface area contributed by atoms with Gasteiger partial charge in [-0.05, 0) is 7.05 Å². The summed E-state index contributed by atoms with van der Waals surface area (Å²) in [6, 6.07) is 2.07. The minimum atomic E-state index is 0.345. The minimum absolute atomic E-state index is 0.345. The Bertz CT molecular complexity index is 728. The van der Waals surface area contributed by atoms with Crippen molar-refractivity contribution in [2.24, 2.45) is 0 Å². The second-order valence-corrected chi connectivity index (χ2v) is 4.57. The summed E-state index contributed by atoms with van der Waals surface area (Å²) in [5, 5.41) is 14.1. The van der Waals surface area contributed by atoms with Crippen molar-refractivity contribution in [3.8, 4) is 11.9 Å². The molecule has 7 heteroatoms. The fourth-order valence-electron chi connectivity index (χ4n) is 1.90. The van der Waals surface area contributed by atoms with E-state index in [9.17, 15) is 0 Å². The Hall–Kier alpha value is -2.17. The highest BCUT2D eigenvalue weighted by Gasteiger charge is 2.16. The van der Waals surface area contributed by atoms with E-state index in [-0.39, 0.29) is 0 Å². The van der Waals surface area contributed by atoms with Gasteiger partial charge in [-0.1, -0.05) is 0 Å². The van der Waals surface area contributed by atoms with Crippen LogP contribution in [0.1, 0.15) is 11.5 Å². The number of fused-ring (bicyclic) bond motifs is 1. The fraction of sp³-hybridized carbons (Fsp3) is 0.182. The van der Waals surface area contributed by atoms with Crippen molar-refractivity contribution in [1.82, 2.24) is 24.3 Å². The molecule has 0 amide bonds. The Kier molecular flexibility index (Phi) is 2.59. The molecule has 6 nitrogen and oxygen atoms in total. The molecule has 90 valence electrons. The van der Waals surface area contributed by atoms with Crippen molar-refractivity contribution >= 4 is 16.3 Å². The molecule has 18 heavy (non-hydrogen) atoms. The third kappa shape index (κ3) is 1.51. The second kappa shape index (κ2) is 4.25. The lowest BCUT2D eigenvalue weighted by molar-refractivity contribution is 0.771. The molecule has 1 N–H and O–H groups in total. The lowest BCUT2D eigenvalue weighted by Gasteiger charge is -2.04. The number of nitrogens with one attached hydrogen (secondary N) is 1. The van der Waals surface area contributed by atoms with Gasteiger partial charge < -0.3 is 5.32 Å². The van der Waals surface area contributed by atoms with Crippen molar-refractivity contribution < 1.29 is 0 Å². The molecule has 0 saturated heterocycles. The quantitative estimate of drug-likeness (QED) is 0.765. The van der Waals surface area contributed by atoms with Gasteiger partial charge in [0, 0.05) is 30.5 Å². The number of nitrogens with zero attached hydrogens (tertiary/aromatic N) is 5. The van der Waals surface area contributed by atoms with E-state index in [0.717, 1.165) is 16.5 Å². The third-order valence-corrected chi connectivity index (χ3v) is 3.41. The van der Waals surface area contributed by atoms with Crippen LogP contribution in [0.4, 0.5) is 0 Å². The van der Waals surface area contributed by atoms with Gasteiger partial charge in [-0.15, -0.1) is 11.3 Å². The van der Waals surface area contributed by atoms with Crippen molar-refractivity contribution in [2.75, 3.05) is 7.05 Å². The molecule has 0 bridgehead atoms. The molecule has 0 atom stereocenters. The van der Waals surface area contributed by atoms with Gasteiger partial charge in [-0.25, -0.2) is 9.97 Å². The first-order valence-corrected chi connectivity index (χ1v) is 6.26. The van der Waals surface area contributed by atoms with Crippen molar-refractivity contribution in [3.05, 3.63) is 35.5 Å². The van der Waals surface area contributed by atoms with Crippen molar-refractivity contribution in [1.29, 1.82) is 5.26 Å². The van der Waals surface area contributed by atoms with E-state index in [0.29, 0.717) is 12.4 Å². The van der Waals surface area contributed by atoms with E-state index in [1.165, 1.54) is 0 Å². The Morgan fingerprint density at radius 2 is 2.39 bits per heavy atom. The molecule has 0 spiro atoms. The molecule has 3 heterocycles. The highest BCUT2D eigenvalue weighted by Crippen LogP contribution is 2.21. The first-order valence-electron chi connectivity index (χ1n) is 5.38. The number of thiazole rings is 1. The molecule has 0 saturated carbocycles. The SMILES string of the molecule is CNCc1c(-n2ccnc2C#N)nc2sccn12. The Morgan fingerprint density at radius 1 is 1.50 bits per heavy atom. The van der Waals surface area contributed by atoms with E-state index < -0.39 is 0 Å². The maximum Gasteiger partial charge on any atom is 0.218 e. The topological polar surface area (TPSA) is 70.9 Å². The third-order valence-electron chi connectivity index (χ3n) is 2.65. The zero-order valence-electron chi connectivity index (χ0n) is 9.66. The lowest BCUT2D eigenvalue weighted by atomic mass is 10.4. The van der Waals surface area contributed by atoms with Crippen LogP contribution in [0, 0.1) is 11.3 Å². The fourth-order valence-corrected chi connectivity index (χ4v) is 2.63. The molecule has 3 aromatic heterocycles. The molecule has 0 aliphatic heterocycles. The summed E-state index contributed by atoms with van der Waals surface area (Å²) in [4.78, 5) is 9.47. The summed E-state index contributed by atoms with van der Waals surface area (Å²) in [5.41, 5.74) is 1.02. The van der Waals surface area contributed by atoms with Gasteiger partial charge in [0.05, 0.1) is 5.69 Å². The van der Waals surface area contributed by atoms with Gasteiger partial charge in [0.2, 0.25) is 5.82 Å². The van der Waals surface area contributed by atoms with Crippen LogP contribution in [0.5, 0.6) is 0 Å². The first kappa shape index (κ1) is 11.0. The summed E-state index contributed by atoms with van der Waals surface area (Å²) in [7, 11) is 1.88. The molecule has 0 radical (unpaired) electrons. The molecule has 0 aromatic carbocycles. The Labute approximate surface area is 107 Å². The van der Waals surface area contributed by atoms with Gasteiger partial charge in [-0.2, -0.15) is 5.26 Å². The highest BCUT2D eigenvalue weighted by atomic mass is 32.1. The van der Waals surface area contributed by atoms with Crippen LogP contribution in [0.3, 0.4) is 0 Å². The van der Waals surface area contributed by atoms with Crippen LogP contribution in [0.2, 0.25) is 0 Å². The number of nitriles is 1. The largest absolute Gasteiger partial charge is 0.314 e. The Balaban J connectivity index is 2.25. The van der Waals surface area contributed by atoms with Gasteiger partial charge in [0.15, 0.2) is 10.8 Å². The van der Waals surface area contributed by atoms with E-state index in [1.54, 1.807) is 28.3 Å². The lowest BCUT2D eigenvalue weighted by Crippen LogP contribution is -2.11. The molecule has 3 aromatic rings. The maximum absolute atomic E-state index is 9.03. The van der Waals surface area contributed by atoms with E-state index in [1.807, 2.05) is 23.0 Å². The summed E-state index contributed by atoms with van der Waals surface area (Å²) >= 11 is 1.57. The number of rotatable bonds is 3. The molecule has 0 aliphatic carbocycles. The van der Waals surface area contributed by atoms with Gasteiger partial charge in [0.25, 0.3) is 0 Å². The molecule has 0 fully saturated rings. The van der Waals surface area contributed by atoms with Gasteiger partial charge >= 0.3 is 0 Å². The average molecular weight is 258 g/mol. The number of aromatic nitrogens is 4. The summed E-state index contributed by atoms with van der Waals surface area (Å²) in [5.74, 6) is 1.10. The van der Waals surface area contributed by atoms with Crippen molar-refractivity contribution in [3.63, 3.8) is 0 Å². The predicted molar refractivity (Wildman–Crippen MR) is 67.7 cm³/mol. The molecule has 0 aliphatic rings. The number of imidazole rings is 2. The monoisotopic (exact) mass is 258 g/mol. The van der Waals surface area contributed by atoms with E-state index in [4.69, 9.17) is 5.26 Å². The van der Waals surface area contributed by atoms with Crippen LogP contribution < -0.4 is 5.32 Å². The molecule has 3 rings (SSSR count). The second-order valence-electron chi connectivity index (χ2n) is 3.70. The molecule has 0 unspecified atom stereocenters. The van der Waals surface area contributed by atoms with Crippen LogP contribution in [0.15, 0.2) is 24.0 Å².